The van der Waals surface area contributed by atoms with E-state index >= 15 is 0 Å². The monoisotopic (exact) mass is 410 g/mol. The molecule has 1 unspecified atom stereocenters. The first-order valence-corrected chi connectivity index (χ1v) is 11.0. The molecular formula is C20H18N4O2S2. The molecule has 1 atom stereocenters. The van der Waals surface area contributed by atoms with E-state index in [4.69, 9.17) is 0 Å². The van der Waals surface area contributed by atoms with Crippen LogP contribution < -0.4 is 10.6 Å². The predicted octanol–water partition coefficient (Wildman–Crippen LogP) is 4.13. The van der Waals surface area contributed by atoms with Crippen molar-refractivity contribution in [2.24, 2.45) is 0 Å². The molecule has 0 saturated carbocycles. The van der Waals surface area contributed by atoms with Crippen molar-refractivity contribution in [2.45, 2.75) is 19.4 Å². The summed E-state index contributed by atoms with van der Waals surface area (Å²) in [6, 6.07) is 7.55. The summed E-state index contributed by atoms with van der Waals surface area (Å²) in [5.41, 5.74) is 3.02. The first-order valence-electron chi connectivity index (χ1n) is 9.13. The number of thioether (sulfide) groups is 1. The van der Waals surface area contributed by atoms with Crippen LogP contribution in [0.3, 0.4) is 0 Å². The van der Waals surface area contributed by atoms with E-state index < -0.39 is 0 Å². The molecule has 2 aliphatic heterocycles. The van der Waals surface area contributed by atoms with Crippen molar-refractivity contribution in [1.82, 2.24) is 14.9 Å². The molecule has 0 radical (unpaired) electrons. The Bertz CT molecular complexity index is 1140. The van der Waals surface area contributed by atoms with Gasteiger partial charge in [0.25, 0.3) is 11.8 Å². The number of hydrogen-bond acceptors (Lipinski definition) is 5. The lowest BCUT2D eigenvalue weighted by Crippen LogP contribution is -2.37. The van der Waals surface area contributed by atoms with Crippen LogP contribution in [0.1, 0.15) is 45.9 Å². The summed E-state index contributed by atoms with van der Waals surface area (Å²) in [6.45, 7) is 2.64. The Hall–Kier alpha value is -2.58. The van der Waals surface area contributed by atoms with Crippen molar-refractivity contribution in [3.63, 3.8) is 0 Å². The molecule has 0 saturated heterocycles. The van der Waals surface area contributed by atoms with Gasteiger partial charge in [0, 0.05) is 45.1 Å². The fourth-order valence-corrected chi connectivity index (χ4v) is 5.37. The van der Waals surface area contributed by atoms with E-state index in [0.29, 0.717) is 22.9 Å². The Balaban J connectivity index is 1.43. The van der Waals surface area contributed by atoms with E-state index in [1.807, 2.05) is 28.1 Å². The first kappa shape index (κ1) is 17.5. The van der Waals surface area contributed by atoms with E-state index in [2.05, 4.69) is 28.6 Å². The quantitative estimate of drug-likeness (QED) is 0.681. The number of rotatable bonds is 3. The third-order valence-corrected chi connectivity index (χ3v) is 6.90. The van der Waals surface area contributed by atoms with Gasteiger partial charge < -0.3 is 9.88 Å². The molecule has 4 heterocycles. The average molecular weight is 411 g/mol. The van der Waals surface area contributed by atoms with Crippen molar-refractivity contribution in [3.8, 4) is 0 Å². The zero-order valence-electron chi connectivity index (χ0n) is 15.2. The van der Waals surface area contributed by atoms with Crippen molar-refractivity contribution >= 4 is 55.9 Å². The molecule has 2 amide bonds. The fourth-order valence-electron chi connectivity index (χ4n) is 3.64. The van der Waals surface area contributed by atoms with Gasteiger partial charge in [0.15, 0.2) is 5.13 Å². The maximum Gasteiger partial charge on any atom is 0.268 e. The smallest absolute Gasteiger partial charge is 0.268 e. The number of carbonyl (C=O) groups is 2. The van der Waals surface area contributed by atoms with Crippen molar-refractivity contribution in [3.05, 3.63) is 52.7 Å². The van der Waals surface area contributed by atoms with Crippen LogP contribution in [0.25, 0.3) is 15.8 Å². The fraction of sp³-hybridized carbons (Fsp3) is 0.250. The Morgan fingerprint density at radius 2 is 2.25 bits per heavy atom. The topological polar surface area (TPSA) is 76.0 Å². The van der Waals surface area contributed by atoms with Crippen LogP contribution in [0.5, 0.6) is 0 Å². The number of thiazole rings is 1. The van der Waals surface area contributed by atoms with Crippen molar-refractivity contribution in [1.29, 1.82) is 0 Å². The summed E-state index contributed by atoms with van der Waals surface area (Å²) >= 11 is 3.23. The maximum atomic E-state index is 12.8. The highest BCUT2D eigenvalue weighted by Crippen LogP contribution is 2.35. The lowest BCUT2D eigenvalue weighted by molar-refractivity contribution is 0.0919. The number of nitrogens with zero attached hydrogens (tertiary/aromatic N) is 2. The minimum atomic E-state index is -0.195. The molecule has 1 aromatic carbocycles. The highest BCUT2D eigenvalue weighted by Gasteiger charge is 2.25. The highest BCUT2D eigenvalue weighted by molar-refractivity contribution is 8.08. The van der Waals surface area contributed by atoms with Crippen LogP contribution >= 0.6 is 23.1 Å². The molecule has 0 spiro atoms. The van der Waals surface area contributed by atoms with Crippen LogP contribution in [0, 0.1) is 0 Å². The molecule has 2 N–H and O–H groups in total. The molecule has 2 aliphatic rings. The van der Waals surface area contributed by atoms with Crippen LogP contribution in [0.15, 0.2) is 35.7 Å². The number of allylic oxidation sites excluding steroid dienone is 1. The number of anilines is 1. The van der Waals surface area contributed by atoms with E-state index in [-0.39, 0.29) is 17.9 Å². The maximum absolute atomic E-state index is 12.8. The summed E-state index contributed by atoms with van der Waals surface area (Å²) in [6.07, 6.45) is 3.25. The van der Waals surface area contributed by atoms with E-state index in [9.17, 15) is 9.59 Å². The number of fused-ring (bicyclic) bond motifs is 3. The van der Waals surface area contributed by atoms with Crippen LogP contribution in [0.4, 0.5) is 5.13 Å². The third-order valence-electron chi connectivity index (χ3n) is 5.02. The predicted molar refractivity (Wildman–Crippen MR) is 114 cm³/mol. The molecular weight excluding hydrogens is 392 g/mol. The Kier molecular flexibility index (Phi) is 4.25. The second-order valence-electron chi connectivity index (χ2n) is 6.93. The molecule has 0 bridgehead atoms. The lowest BCUT2D eigenvalue weighted by atomic mass is 10.1. The van der Waals surface area contributed by atoms with Gasteiger partial charge >= 0.3 is 0 Å². The molecule has 2 aromatic heterocycles. The Morgan fingerprint density at radius 3 is 3.07 bits per heavy atom. The number of amides is 2. The van der Waals surface area contributed by atoms with Gasteiger partial charge in [-0.1, -0.05) is 12.1 Å². The number of hydrogen-bond donors (Lipinski definition) is 2. The second kappa shape index (κ2) is 6.79. The Labute approximate surface area is 170 Å². The zero-order valence-corrected chi connectivity index (χ0v) is 16.8. The molecule has 0 fully saturated rings. The van der Waals surface area contributed by atoms with Gasteiger partial charge in [0.2, 0.25) is 0 Å². The van der Waals surface area contributed by atoms with Gasteiger partial charge in [-0.05, 0) is 31.5 Å². The van der Waals surface area contributed by atoms with E-state index in [0.717, 1.165) is 28.8 Å². The minimum Gasteiger partial charge on any atom is -0.349 e. The molecule has 142 valence electrons. The van der Waals surface area contributed by atoms with Crippen molar-refractivity contribution in [2.75, 3.05) is 17.6 Å². The molecule has 5 rings (SSSR count). The average Bonchev–Trinajstić information content (AvgIpc) is 3.43. The molecule has 3 aromatic rings. The highest BCUT2D eigenvalue weighted by atomic mass is 32.2. The van der Waals surface area contributed by atoms with Crippen LogP contribution in [-0.4, -0.2) is 33.7 Å². The molecule has 8 heteroatoms. The third kappa shape index (κ3) is 2.93. The second-order valence-corrected chi connectivity index (χ2v) is 8.92. The van der Waals surface area contributed by atoms with Gasteiger partial charge in [-0.3, -0.25) is 14.9 Å². The number of nitrogens with one attached hydrogen (secondary N) is 2. The molecule has 0 aliphatic carbocycles. The SMILES string of the molecule is CC1CNC(=O)c2cc3ccc(C(=O)Nc4nc(C5=CCCS5)cs4)cc3n21. The summed E-state index contributed by atoms with van der Waals surface area (Å²) in [5.74, 6) is 0.821. The summed E-state index contributed by atoms with van der Waals surface area (Å²) in [5, 5.41) is 9.32. The number of aromatic nitrogens is 2. The minimum absolute atomic E-state index is 0.0743. The van der Waals surface area contributed by atoms with E-state index in [1.165, 1.54) is 16.2 Å². The largest absolute Gasteiger partial charge is 0.349 e. The van der Waals surface area contributed by atoms with Crippen molar-refractivity contribution < 1.29 is 9.59 Å². The zero-order chi connectivity index (χ0) is 19.3. The van der Waals surface area contributed by atoms with Crippen LogP contribution in [-0.2, 0) is 0 Å². The standard InChI is InChI=1S/C20H18N4O2S2/c1-11-9-21-19(26)16-7-12-4-5-13(8-15(12)24(11)16)18(25)23-20-22-14(10-28-20)17-3-2-6-27-17/h3-5,7-8,10-11H,2,6,9H2,1H3,(H,21,26)(H,22,23,25). The Morgan fingerprint density at radius 1 is 1.36 bits per heavy atom. The van der Waals surface area contributed by atoms with E-state index in [1.54, 1.807) is 17.8 Å². The molecule has 28 heavy (non-hydrogen) atoms. The summed E-state index contributed by atoms with van der Waals surface area (Å²) < 4.78 is 2.01. The van der Waals surface area contributed by atoms with Crippen LogP contribution in [0.2, 0.25) is 0 Å². The lowest BCUT2D eigenvalue weighted by Gasteiger charge is -2.24. The van der Waals surface area contributed by atoms with Gasteiger partial charge in [0.1, 0.15) is 5.69 Å². The van der Waals surface area contributed by atoms with Gasteiger partial charge in [-0.25, -0.2) is 4.98 Å². The molecule has 6 nitrogen and oxygen atoms in total. The van der Waals surface area contributed by atoms with Gasteiger partial charge in [0.05, 0.1) is 5.69 Å². The number of benzene rings is 1. The van der Waals surface area contributed by atoms with Gasteiger partial charge in [-0.15, -0.1) is 23.1 Å². The number of carbonyl (C=O) groups excluding carboxylic acids is 2. The summed E-state index contributed by atoms with van der Waals surface area (Å²) in [7, 11) is 0. The normalized spacial score (nSPS) is 18.7. The first-order chi connectivity index (χ1) is 13.6. The van der Waals surface area contributed by atoms with Gasteiger partial charge in [-0.2, -0.15) is 0 Å². The summed E-state index contributed by atoms with van der Waals surface area (Å²) in [4.78, 5) is 30.6.